The number of hydrogen-bond acceptors (Lipinski definition) is 5. The van der Waals surface area contributed by atoms with Gasteiger partial charge in [0, 0.05) is 13.1 Å². The maximum atomic E-state index is 9.00. The second-order valence-electron chi connectivity index (χ2n) is 2.45. The number of hydrogen-bond donors (Lipinski definition) is 2. The van der Waals surface area contributed by atoms with E-state index in [1.807, 2.05) is 0 Å². The number of hydroxylamine groups is 1. The van der Waals surface area contributed by atoms with Crippen LogP contribution >= 0.6 is 0 Å². The molecular formula is C8H12N2O3. The standard InChI is InChI=1S/C8H12N2O3/c1-10(12)7-2-3-8(9-6-7)13-5-4-11/h2-3,6,11-12H,4-5H2,1H3. The Morgan fingerprint density at radius 1 is 1.54 bits per heavy atom. The van der Waals surface area contributed by atoms with Crippen LogP contribution in [-0.2, 0) is 0 Å². The van der Waals surface area contributed by atoms with Crippen LogP contribution in [0.2, 0.25) is 0 Å². The van der Waals surface area contributed by atoms with Crippen molar-refractivity contribution in [3.63, 3.8) is 0 Å². The number of pyridine rings is 1. The molecule has 0 saturated carbocycles. The van der Waals surface area contributed by atoms with Gasteiger partial charge < -0.3 is 9.84 Å². The molecule has 1 rings (SSSR count). The maximum absolute atomic E-state index is 9.00. The first kappa shape index (κ1) is 9.76. The van der Waals surface area contributed by atoms with Crippen LogP contribution in [0.1, 0.15) is 0 Å². The Balaban J connectivity index is 2.59. The molecule has 0 aliphatic rings. The summed E-state index contributed by atoms with van der Waals surface area (Å²) in [7, 11) is 1.51. The highest BCUT2D eigenvalue weighted by Gasteiger charge is 1.98. The molecule has 1 heterocycles. The highest BCUT2D eigenvalue weighted by atomic mass is 16.5. The van der Waals surface area contributed by atoms with E-state index in [0.29, 0.717) is 11.6 Å². The van der Waals surface area contributed by atoms with Crippen LogP contribution in [0, 0.1) is 0 Å². The molecule has 0 unspecified atom stereocenters. The Kier molecular flexibility index (Phi) is 3.48. The molecule has 1 aromatic rings. The number of rotatable bonds is 4. The molecule has 2 N–H and O–H groups in total. The zero-order chi connectivity index (χ0) is 9.68. The lowest BCUT2D eigenvalue weighted by Gasteiger charge is -2.09. The van der Waals surface area contributed by atoms with Gasteiger partial charge in [-0.05, 0) is 6.07 Å². The summed E-state index contributed by atoms with van der Waals surface area (Å²) in [4.78, 5) is 3.90. The van der Waals surface area contributed by atoms with Gasteiger partial charge in [-0.2, -0.15) is 0 Å². The average Bonchev–Trinajstić information content (AvgIpc) is 2.15. The predicted octanol–water partition coefficient (Wildman–Crippen LogP) is 0.278. The Morgan fingerprint density at radius 2 is 2.31 bits per heavy atom. The molecule has 0 aliphatic heterocycles. The fraction of sp³-hybridized carbons (Fsp3) is 0.375. The normalized spacial score (nSPS) is 9.77. The van der Waals surface area contributed by atoms with E-state index in [-0.39, 0.29) is 13.2 Å². The van der Waals surface area contributed by atoms with Gasteiger partial charge in [-0.3, -0.25) is 10.3 Å². The van der Waals surface area contributed by atoms with Crippen LogP contribution in [0.3, 0.4) is 0 Å². The monoisotopic (exact) mass is 184 g/mol. The molecule has 13 heavy (non-hydrogen) atoms. The number of aliphatic hydroxyl groups excluding tert-OH is 1. The SMILES string of the molecule is CN(O)c1ccc(OCCO)nc1. The summed E-state index contributed by atoms with van der Waals surface area (Å²) in [5.41, 5.74) is 0.580. The fourth-order valence-electron chi connectivity index (χ4n) is 0.800. The molecule has 72 valence electrons. The van der Waals surface area contributed by atoms with Crippen LogP contribution in [0.5, 0.6) is 5.88 Å². The smallest absolute Gasteiger partial charge is 0.213 e. The van der Waals surface area contributed by atoms with Crippen molar-refractivity contribution < 1.29 is 15.1 Å². The second-order valence-corrected chi connectivity index (χ2v) is 2.45. The van der Waals surface area contributed by atoms with E-state index in [4.69, 9.17) is 15.1 Å². The Bertz CT molecular complexity index is 248. The Morgan fingerprint density at radius 3 is 2.77 bits per heavy atom. The zero-order valence-corrected chi connectivity index (χ0v) is 7.34. The molecule has 0 aliphatic carbocycles. The minimum Gasteiger partial charge on any atom is -0.475 e. The van der Waals surface area contributed by atoms with E-state index in [0.717, 1.165) is 5.06 Å². The van der Waals surface area contributed by atoms with Gasteiger partial charge in [-0.25, -0.2) is 4.98 Å². The lowest BCUT2D eigenvalue weighted by molar-refractivity contribution is 0.196. The number of ether oxygens (including phenoxy) is 1. The molecule has 0 atom stereocenters. The molecule has 5 nitrogen and oxygen atoms in total. The van der Waals surface area contributed by atoms with Crippen molar-refractivity contribution in [3.05, 3.63) is 18.3 Å². The molecule has 0 saturated heterocycles. The summed E-state index contributed by atoms with van der Waals surface area (Å²) >= 11 is 0. The first-order valence-corrected chi connectivity index (χ1v) is 3.86. The molecular weight excluding hydrogens is 172 g/mol. The summed E-state index contributed by atoms with van der Waals surface area (Å²) < 4.78 is 5.03. The van der Waals surface area contributed by atoms with Gasteiger partial charge in [-0.1, -0.05) is 0 Å². The van der Waals surface area contributed by atoms with Gasteiger partial charge in [0.05, 0.1) is 18.5 Å². The summed E-state index contributed by atoms with van der Waals surface area (Å²) in [5, 5.41) is 18.4. The molecule has 0 spiro atoms. The van der Waals surface area contributed by atoms with Crippen LogP contribution in [0.15, 0.2) is 18.3 Å². The van der Waals surface area contributed by atoms with E-state index in [1.54, 1.807) is 12.1 Å². The second kappa shape index (κ2) is 4.64. The summed E-state index contributed by atoms with van der Waals surface area (Å²) in [6.07, 6.45) is 1.48. The predicted molar refractivity (Wildman–Crippen MR) is 47.0 cm³/mol. The summed E-state index contributed by atoms with van der Waals surface area (Å²) in [6.45, 7) is 0.185. The lowest BCUT2D eigenvalue weighted by Crippen LogP contribution is -2.10. The first-order valence-electron chi connectivity index (χ1n) is 3.86. The average molecular weight is 184 g/mol. The van der Waals surface area contributed by atoms with Crippen molar-refractivity contribution in [3.8, 4) is 5.88 Å². The minimum absolute atomic E-state index is 0.0384. The number of aromatic nitrogens is 1. The number of anilines is 1. The fourth-order valence-corrected chi connectivity index (χ4v) is 0.800. The van der Waals surface area contributed by atoms with Gasteiger partial charge in [-0.15, -0.1) is 0 Å². The van der Waals surface area contributed by atoms with Crippen LogP contribution in [0.25, 0.3) is 0 Å². The van der Waals surface area contributed by atoms with E-state index in [1.165, 1.54) is 13.2 Å². The third kappa shape index (κ3) is 2.89. The molecule has 0 amide bonds. The van der Waals surface area contributed by atoms with Crippen molar-refractivity contribution in [1.29, 1.82) is 0 Å². The third-order valence-corrected chi connectivity index (χ3v) is 1.44. The number of aliphatic hydroxyl groups is 1. The molecule has 1 aromatic heterocycles. The largest absolute Gasteiger partial charge is 0.475 e. The summed E-state index contributed by atoms with van der Waals surface area (Å²) in [5.74, 6) is 0.430. The molecule has 0 radical (unpaired) electrons. The third-order valence-electron chi connectivity index (χ3n) is 1.44. The van der Waals surface area contributed by atoms with Crippen molar-refractivity contribution >= 4 is 5.69 Å². The van der Waals surface area contributed by atoms with Crippen LogP contribution < -0.4 is 9.80 Å². The Hall–Kier alpha value is -1.33. The number of nitrogens with zero attached hydrogens (tertiary/aromatic N) is 2. The van der Waals surface area contributed by atoms with Gasteiger partial charge in [0.15, 0.2) is 0 Å². The lowest BCUT2D eigenvalue weighted by atomic mass is 10.4. The van der Waals surface area contributed by atoms with Crippen molar-refractivity contribution in [1.82, 2.24) is 4.98 Å². The van der Waals surface area contributed by atoms with Gasteiger partial charge >= 0.3 is 0 Å². The van der Waals surface area contributed by atoms with E-state index < -0.39 is 0 Å². The first-order chi connectivity index (χ1) is 6.24. The molecule has 0 aromatic carbocycles. The van der Waals surface area contributed by atoms with Crippen LogP contribution in [-0.4, -0.2) is 35.6 Å². The zero-order valence-electron chi connectivity index (χ0n) is 7.34. The molecule has 0 fully saturated rings. The van der Waals surface area contributed by atoms with Gasteiger partial charge in [0.2, 0.25) is 5.88 Å². The maximum Gasteiger partial charge on any atom is 0.213 e. The van der Waals surface area contributed by atoms with Crippen molar-refractivity contribution in [2.24, 2.45) is 0 Å². The Labute approximate surface area is 76.2 Å². The molecule has 5 heteroatoms. The van der Waals surface area contributed by atoms with Gasteiger partial charge in [0.1, 0.15) is 6.61 Å². The van der Waals surface area contributed by atoms with Gasteiger partial charge in [0.25, 0.3) is 0 Å². The van der Waals surface area contributed by atoms with Crippen molar-refractivity contribution in [2.75, 3.05) is 25.3 Å². The quantitative estimate of drug-likeness (QED) is 0.658. The van der Waals surface area contributed by atoms with E-state index in [2.05, 4.69) is 4.98 Å². The van der Waals surface area contributed by atoms with E-state index >= 15 is 0 Å². The van der Waals surface area contributed by atoms with Crippen LogP contribution in [0.4, 0.5) is 5.69 Å². The highest BCUT2D eigenvalue weighted by molar-refractivity contribution is 5.41. The van der Waals surface area contributed by atoms with Crippen molar-refractivity contribution in [2.45, 2.75) is 0 Å². The topological polar surface area (TPSA) is 65.8 Å². The van der Waals surface area contributed by atoms with E-state index in [9.17, 15) is 0 Å². The minimum atomic E-state index is -0.0384. The highest BCUT2D eigenvalue weighted by Crippen LogP contribution is 2.13. The summed E-state index contributed by atoms with van der Waals surface area (Å²) in [6, 6.07) is 3.29. The molecule has 0 bridgehead atoms.